The highest BCUT2D eigenvalue weighted by atomic mass is 19.1. The van der Waals surface area contributed by atoms with Gasteiger partial charge in [-0.1, -0.05) is 0 Å². The summed E-state index contributed by atoms with van der Waals surface area (Å²) in [5.41, 5.74) is 7.89. The summed E-state index contributed by atoms with van der Waals surface area (Å²) in [6.07, 6.45) is 1.53. The molecule has 1 aromatic carbocycles. The predicted octanol–water partition coefficient (Wildman–Crippen LogP) is 1.47. The van der Waals surface area contributed by atoms with E-state index in [1.165, 1.54) is 24.4 Å². The van der Waals surface area contributed by atoms with Crippen molar-refractivity contribution < 1.29 is 9.18 Å². The van der Waals surface area contributed by atoms with Crippen molar-refractivity contribution in [3.05, 3.63) is 48.0 Å². The number of hydrogen-bond donors (Lipinski definition) is 2. The quantitative estimate of drug-likeness (QED) is 0.696. The molecule has 3 heterocycles. The maximum Gasteiger partial charge on any atom is 0.269 e. The fraction of sp³-hybridized carbons (Fsp3) is 0.125. The molecular weight excluding hydrogens is 311 g/mol. The van der Waals surface area contributed by atoms with Crippen LogP contribution in [-0.2, 0) is 6.54 Å². The molecule has 0 radical (unpaired) electrons. The summed E-state index contributed by atoms with van der Waals surface area (Å²) in [4.78, 5) is 20.3. The Kier molecular flexibility index (Phi) is 3.23. The number of amides is 1. The molecule has 0 saturated heterocycles. The molecule has 1 amide bonds. The minimum Gasteiger partial charge on any atom is -0.399 e. The standard InChI is InChI=1S/C16H13FN6O/c17-11-2-1-9(18)7-10(11)15-19-4-3-12(21-15)13-8-14-16(24)20-5-6-23(14)22-13/h1-4,7-8H,5-6,18H2,(H,20,24). The molecule has 3 N–H and O–H groups in total. The number of carbonyl (C=O) groups excluding carboxylic acids is 1. The molecule has 8 heteroatoms. The van der Waals surface area contributed by atoms with E-state index >= 15 is 0 Å². The number of halogens is 1. The lowest BCUT2D eigenvalue weighted by atomic mass is 10.1. The Labute approximate surface area is 136 Å². The maximum atomic E-state index is 14.0. The molecule has 2 aromatic heterocycles. The predicted molar refractivity (Wildman–Crippen MR) is 85.4 cm³/mol. The van der Waals surface area contributed by atoms with E-state index in [2.05, 4.69) is 20.4 Å². The van der Waals surface area contributed by atoms with Crippen molar-refractivity contribution in [2.24, 2.45) is 0 Å². The Hall–Kier alpha value is -3.29. The number of hydrogen-bond acceptors (Lipinski definition) is 5. The number of nitrogens with one attached hydrogen (secondary N) is 1. The Morgan fingerprint density at radius 3 is 2.92 bits per heavy atom. The minimum atomic E-state index is -0.454. The zero-order valence-electron chi connectivity index (χ0n) is 12.5. The third-order valence-electron chi connectivity index (χ3n) is 3.77. The van der Waals surface area contributed by atoms with Crippen LogP contribution in [0.25, 0.3) is 22.8 Å². The van der Waals surface area contributed by atoms with Gasteiger partial charge in [0.05, 0.1) is 17.8 Å². The number of aromatic nitrogens is 4. The van der Waals surface area contributed by atoms with Gasteiger partial charge in [0.1, 0.15) is 17.2 Å². The first-order chi connectivity index (χ1) is 11.6. The van der Waals surface area contributed by atoms with Gasteiger partial charge >= 0.3 is 0 Å². The van der Waals surface area contributed by atoms with Gasteiger partial charge in [-0.05, 0) is 30.3 Å². The molecule has 3 aromatic rings. The molecule has 0 spiro atoms. The number of nitrogens with zero attached hydrogens (tertiary/aromatic N) is 4. The average molecular weight is 324 g/mol. The first-order valence-corrected chi connectivity index (χ1v) is 7.37. The SMILES string of the molecule is Nc1ccc(F)c(-c2nccc(-c3cc4n(n3)CCNC4=O)n2)c1. The van der Waals surface area contributed by atoms with Crippen LogP contribution in [0.2, 0.25) is 0 Å². The number of nitrogens with two attached hydrogens (primary N) is 1. The first kappa shape index (κ1) is 14.3. The van der Waals surface area contributed by atoms with Crippen molar-refractivity contribution in [1.29, 1.82) is 0 Å². The van der Waals surface area contributed by atoms with Crippen molar-refractivity contribution >= 4 is 11.6 Å². The smallest absolute Gasteiger partial charge is 0.269 e. The van der Waals surface area contributed by atoms with Crippen LogP contribution >= 0.6 is 0 Å². The molecule has 0 bridgehead atoms. The average Bonchev–Trinajstić information content (AvgIpc) is 3.03. The summed E-state index contributed by atoms with van der Waals surface area (Å²) in [6.45, 7) is 1.14. The van der Waals surface area contributed by atoms with Crippen molar-refractivity contribution in [2.45, 2.75) is 6.54 Å². The highest BCUT2D eigenvalue weighted by Gasteiger charge is 2.20. The molecule has 120 valence electrons. The van der Waals surface area contributed by atoms with Crippen LogP contribution in [0.3, 0.4) is 0 Å². The van der Waals surface area contributed by atoms with E-state index in [0.717, 1.165) is 0 Å². The highest BCUT2D eigenvalue weighted by Crippen LogP contribution is 2.24. The van der Waals surface area contributed by atoms with Gasteiger partial charge in [-0.15, -0.1) is 0 Å². The van der Waals surface area contributed by atoms with E-state index in [-0.39, 0.29) is 17.3 Å². The topological polar surface area (TPSA) is 98.7 Å². The van der Waals surface area contributed by atoms with Gasteiger partial charge in [-0.25, -0.2) is 14.4 Å². The summed E-state index contributed by atoms with van der Waals surface area (Å²) < 4.78 is 15.7. The van der Waals surface area contributed by atoms with Crippen LogP contribution in [0.1, 0.15) is 10.5 Å². The largest absolute Gasteiger partial charge is 0.399 e. The molecule has 0 fully saturated rings. The van der Waals surface area contributed by atoms with Gasteiger partial charge < -0.3 is 11.1 Å². The van der Waals surface area contributed by atoms with Crippen LogP contribution in [0.4, 0.5) is 10.1 Å². The van der Waals surface area contributed by atoms with E-state index in [1.807, 2.05) is 0 Å². The summed E-state index contributed by atoms with van der Waals surface area (Å²) >= 11 is 0. The fourth-order valence-corrected chi connectivity index (χ4v) is 2.61. The lowest BCUT2D eigenvalue weighted by Gasteiger charge is -2.13. The molecule has 0 aliphatic carbocycles. The van der Waals surface area contributed by atoms with Gasteiger partial charge in [-0.2, -0.15) is 5.10 Å². The molecule has 4 rings (SSSR count). The van der Waals surface area contributed by atoms with E-state index < -0.39 is 5.82 Å². The van der Waals surface area contributed by atoms with Gasteiger partial charge in [0, 0.05) is 18.4 Å². The maximum absolute atomic E-state index is 14.0. The molecular formula is C16H13FN6O. The van der Waals surface area contributed by atoms with Crippen LogP contribution in [0.5, 0.6) is 0 Å². The summed E-state index contributed by atoms with van der Waals surface area (Å²) in [6, 6.07) is 7.57. The van der Waals surface area contributed by atoms with Crippen LogP contribution in [-0.4, -0.2) is 32.2 Å². The monoisotopic (exact) mass is 324 g/mol. The molecule has 1 aliphatic rings. The van der Waals surface area contributed by atoms with Crippen molar-refractivity contribution in [2.75, 3.05) is 12.3 Å². The molecule has 0 unspecified atom stereocenters. The zero-order valence-corrected chi connectivity index (χ0v) is 12.5. The van der Waals surface area contributed by atoms with Crippen LogP contribution < -0.4 is 11.1 Å². The van der Waals surface area contributed by atoms with E-state index in [9.17, 15) is 9.18 Å². The van der Waals surface area contributed by atoms with E-state index in [1.54, 1.807) is 16.8 Å². The molecule has 0 atom stereocenters. The van der Waals surface area contributed by atoms with Crippen LogP contribution in [0.15, 0.2) is 36.5 Å². The zero-order chi connectivity index (χ0) is 16.7. The summed E-state index contributed by atoms with van der Waals surface area (Å²) in [5, 5.41) is 7.15. The molecule has 24 heavy (non-hydrogen) atoms. The second-order valence-corrected chi connectivity index (χ2v) is 5.40. The van der Waals surface area contributed by atoms with Gasteiger partial charge in [0.2, 0.25) is 0 Å². The first-order valence-electron chi connectivity index (χ1n) is 7.37. The number of anilines is 1. The van der Waals surface area contributed by atoms with Gasteiger partial charge in [0.25, 0.3) is 5.91 Å². The second kappa shape index (κ2) is 5.41. The van der Waals surface area contributed by atoms with Crippen LogP contribution in [0, 0.1) is 5.82 Å². The summed E-state index contributed by atoms with van der Waals surface area (Å²) in [7, 11) is 0. The Morgan fingerprint density at radius 2 is 2.08 bits per heavy atom. The highest BCUT2D eigenvalue weighted by molar-refractivity contribution is 5.94. The lowest BCUT2D eigenvalue weighted by molar-refractivity contribution is 0.0924. The number of carbonyl (C=O) groups is 1. The number of fused-ring (bicyclic) bond motifs is 1. The number of nitrogen functional groups attached to an aromatic ring is 1. The Balaban J connectivity index is 1.78. The second-order valence-electron chi connectivity index (χ2n) is 5.40. The van der Waals surface area contributed by atoms with Crippen molar-refractivity contribution in [3.8, 4) is 22.8 Å². The molecule has 7 nitrogen and oxygen atoms in total. The Bertz CT molecular complexity index is 951. The van der Waals surface area contributed by atoms with Crippen molar-refractivity contribution in [3.63, 3.8) is 0 Å². The van der Waals surface area contributed by atoms with Crippen molar-refractivity contribution in [1.82, 2.24) is 25.1 Å². The van der Waals surface area contributed by atoms with Gasteiger partial charge in [-0.3, -0.25) is 9.48 Å². The molecule has 0 saturated carbocycles. The fourth-order valence-electron chi connectivity index (χ4n) is 2.61. The normalized spacial score (nSPS) is 13.5. The minimum absolute atomic E-state index is 0.170. The molecule has 1 aliphatic heterocycles. The third-order valence-corrected chi connectivity index (χ3v) is 3.77. The number of rotatable bonds is 2. The van der Waals surface area contributed by atoms with Gasteiger partial charge in [0.15, 0.2) is 5.82 Å². The van der Waals surface area contributed by atoms with E-state index in [0.29, 0.717) is 35.9 Å². The lowest BCUT2D eigenvalue weighted by Crippen LogP contribution is -2.35. The van der Waals surface area contributed by atoms with E-state index in [4.69, 9.17) is 5.73 Å². The Morgan fingerprint density at radius 1 is 1.21 bits per heavy atom. The summed E-state index contributed by atoms with van der Waals surface area (Å²) in [5.74, 6) is -0.409. The third kappa shape index (κ3) is 2.37. The number of benzene rings is 1.